The van der Waals surface area contributed by atoms with Gasteiger partial charge in [0.2, 0.25) is 0 Å². The number of benzene rings is 2. The zero-order chi connectivity index (χ0) is 21.0. The van der Waals surface area contributed by atoms with Gasteiger partial charge in [0.1, 0.15) is 11.3 Å². The molecule has 2 aromatic carbocycles. The highest BCUT2D eigenvalue weighted by Crippen LogP contribution is 2.24. The van der Waals surface area contributed by atoms with Gasteiger partial charge in [-0.3, -0.25) is 4.79 Å². The van der Waals surface area contributed by atoms with Crippen molar-refractivity contribution in [3.8, 4) is 5.75 Å². The van der Waals surface area contributed by atoms with Crippen LogP contribution in [0, 0.1) is 0 Å². The molecular weight excluding hydrogens is 418 g/mol. The lowest BCUT2D eigenvalue weighted by Crippen LogP contribution is -2.43. The Bertz CT molecular complexity index is 1010. The van der Waals surface area contributed by atoms with Crippen molar-refractivity contribution in [2.45, 2.75) is 19.0 Å². The second-order valence-corrected chi connectivity index (χ2v) is 9.46. The second kappa shape index (κ2) is 8.84. The Labute approximate surface area is 173 Å². The number of carboxylic acids is 1. The molecule has 1 aliphatic heterocycles. The molecule has 0 aromatic heterocycles. The van der Waals surface area contributed by atoms with Gasteiger partial charge in [0.25, 0.3) is 5.91 Å². The number of halogens is 1. The summed E-state index contributed by atoms with van der Waals surface area (Å²) in [5, 5.41) is 9.53. The maximum Gasteiger partial charge on any atom is 0.339 e. The van der Waals surface area contributed by atoms with Crippen LogP contribution in [0.15, 0.2) is 48.5 Å². The molecule has 1 amide bonds. The van der Waals surface area contributed by atoms with E-state index in [2.05, 4.69) is 0 Å². The van der Waals surface area contributed by atoms with E-state index in [1.165, 1.54) is 23.1 Å². The van der Waals surface area contributed by atoms with Crippen molar-refractivity contribution >= 4 is 33.3 Å². The molecule has 0 spiro atoms. The summed E-state index contributed by atoms with van der Waals surface area (Å²) in [5.74, 6) is -1.67. The van der Waals surface area contributed by atoms with E-state index in [1.807, 2.05) is 30.3 Å². The predicted octanol–water partition coefficient (Wildman–Crippen LogP) is 2.63. The van der Waals surface area contributed by atoms with Gasteiger partial charge in [-0.2, -0.15) is 0 Å². The maximum absolute atomic E-state index is 12.9. The fourth-order valence-electron chi connectivity index (χ4n) is 3.24. The van der Waals surface area contributed by atoms with Gasteiger partial charge in [-0.1, -0.05) is 41.9 Å². The third-order valence-electron chi connectivity index (χ3n) is 4.69. The van der Waals surface area contributed by atoms with E-state index >= 15 is 0 Å². The average Bonchev–Trinajstić information content (AvgIpc) is 3.05. The Balaban J connectivity index is 1.77. The smallest absolute Gasteiger partial charge is 0.339 e. The van der Waals surface area contributed by atoms with Crippen molar-refractivity contribution in [1.82, 2.24) is 4.90 Å². The molecule has 1 saturated heterocycles. The average molecular weight is 438 g/mol. The highest BCUT2D eigenvalue weighted by Gasteiger charge is 2.35. The van der Waals surface area contributed by atoms with Gasteiger partial charge >= 0.3 is 5.97 Å². The first kappa shape index (κ1) is 21.1. The van der Waals surface area contributed by atoms with E-state index in [9.17, 15) is 23.1 Å². The van der Waals surface area contributed by atoms with Gasteiger partial charge in [0, 0.05) is 17.6 Å². The topological polar surface area (TPSA) is 101 Å². The van der Waals surface area contributed by atoms with Crippen molar-refractivity contribution in [3.05, 3.63) is 64.7 Å². The summed E-state index contributed by atoms with van der Waals surface area (Å²) in [4.78, 5) is 25.8. The minimum absolute atomic E-state index is 0.0222. The molecule has 1 fully saturated rings. The van der Waals surface area contributed by atoms with Crippen LogP contribution in [0.2, 0.25) is 5.02 Å². The minimum atomic E-state index is -3.18. The molecule has 1 aliphatic rings. The minimum Gasteiger partial charge on any atom is -0.483 e. The first-order valence-electron chi connectivity index (χ1n) is 8.94. The number of carbonyl (C=O) groups is 2. The predicted molar refractivity (Wildman–Crippen MR) is 108 cm³/mol. The molecule has 1 heterocycles. The zero-order valence-corrected chi connectivity index (χ0v) is 17.0. The number of amides is 1. The molecule has 1 unspecified atom stereocenters. The fourth-order valence-corrected chi connectivity index (χ4v) is 5.14. The summed E-state index contributed by atoms with van der Waals surface area (Å²) < 4.78 is 29.3. The lowest BCUT2D eigenvalue weighted by atomic mass is 10.1. The van der Waals surface area contributed by atoms with Crippen LogP contribution in [0.5, 0.6) is 5.75 Å². The van der Waals surface area contributed by atoms with E-state index in [-0.39, 0.29) is 34.4 Å². The standard InChI is InChI=1S/C20H20ClNO6S/c21-15-6-7-18(17(10-15)20(24)25)28-12-19(23)22(11-14-4-2-1-3-5-14)16-8-9-29(26,27)13-16/h1-7,10,16H,8-9,11-13H2,(H,24,25). The van der Waals surface area contributed by atoms with Crippen LogP contribution < -0.4 is 4.74 Å². The van der Waals surface area contributed by atoms with Gasteiger partial charge in [0.05, 0.1) is 11.5 Å². The highest BCUT2D eigenvalue weighted by molar-refractivity contribution is 7.91. The fraction of sp³-hybridized carbons (Fsp3) is 0.300. The Morgan fingerprint density at radius 3 is 2.52 bits per heavy atom. The molecule has 2 aromatic rings. The van der Waals surface area contributed by atoms with Gasteiger partial charge < -0.3 is 14.7 Å². The lowest BCUT2D eigenvalue weighted by Gasteiger charge is -2.28. The molecule has 29 heavy (non-hydrogen) atoms. The Morgan fingerprint density at radius 2 is 1.90 bits per heavy atom. The Hall–Kier alpha value is -2.58. The number of hydrogen-bond donors (Lipinski definition) is 1. The number of ether oxygens (including phenoxy) is 1. The highest BCUT2D eigenvalue weighted by atomic mass is 35.5. The molecule has 0 radical (unpaired) electrons. The van der Waals surface area contributed by atoms with E-state index < -0.39 is 34.4 Å². The van der Waals surface area contributed by atoms with Crippen LogP contribution in [0.4, 0.5) is 0 Å². The lowest BCUT2D eigenvalue weighted by molar-refractivity contribution is -0.136. The summed E-state index contributed by atoms with van der Waals surface area (Å²) in [5.41, 5.74) is 0.714. The first-order valence-corrected chi connectivity index (χ1v) is 11.1. The van der Waals surface area contributed by atoms with Crippen LogP contribution in [-0.2, 0) is 21.2 Å². The summed E-state index contributed by atoms with van der Waals surface area (Å²) >= 11 is 5.83. The summed E-state index contributed by atoms with van der Waals surface area (Å²) in [6.45, 7) is -0.166. The van der Waals surface area contributed by atoms with Gasteiger partial charge in [-0.15, -0.1) is 0 Å². The van der Waals surface area contributed by atoms with E-state index in [4.69, 9.17) is 16.3 Å². The van der Waals surface area contributed by atoms with Crippen molar-refractivity contribution in [3.63, 3.8) is 0 Å². The van der Waals surface area contributed by atoms with Crippen LogP contribution in [-0.4, -0.2) is 54.5 Å². The SMILES string of the molecule is O=C(O)c1cc(Cl)ccc1OCC(=O)N(Cc1ccccc1)C1CCS(=O)(=O)C1. The number of hydrogen-bond acceptors (Lipinski definition) is 5. The normalized spacial score (nSPS) is 17.6. The summed E-state index contributed by atoms with van der Waals surface area (Å²) in [7, 11) is -3.18. The molecule has 0 saturated carbocycles. The Morgan fingerprint density at radius 1 is 1.17 bits per heavy atom. The maximum atomic E-state index is 12.9. The third-order valence-corrected chi connectivity index (χ3v) is 6.67. The largest absolute Gasteiger partial charge is 0.483 e. The molecule has 3 rings (SSSR count). The van der Waals surface area contributed by atoms with E-state index in [0.717, 1.165) is 5.56 Å². The summed E-state index contributed by atoms with van der Waals surface area (Å²) in [6.07, 6.45) is 0.363. The molecule has 0 bridgehead atoms. The van der Waals surface area contributed by atoms with Crippen molar-refractivity contribution in [2.24, 2.45) is 0 Å². The monoisotopic (exact) mass is 437 g/mol. The van der Waals surface area contributed by atoms with E-state index in [1.54, 1.807) is 0 Å². The third kappa shape index (κ3) is 5.48. The van der Waals surface area contributed by atoms with Crippen LogP contribution in [0.25, 0.3) is 0 Å². The molecule has 154 valence electrons. The van der Waals surface area contributed by atoms with E-state index in [0.29, 0.717) is 6.42 Å². The van der Waals surface area contributed by atoms with Crippen LogP contribution >= 0.6 is 11.6 Å². The van der Waals surface area contributed by atoms with Gasteiger partial charge in [-0.25, -0.2) is 13.2 Å². The number of rotatable bonds is 7. The van der Waals surface area contributed by atoms with Crippen LogP contribution in [0.3, 0.4) is 0 Å². The molecule has 7 nitrogen and oxygen atoms in total. The van der Waals surface area contributed by atoms with Gasteiger partial charge in [0.15, 0.2) is 16.4 Å². The van der Waals surface area contributed by atoms with Crippen molar-refractivity contribution < 1.29 is 27.9 Å². The molecular formula is C20H20ClNO6S. The number of sulfone groups is 1. The number of carbonyl (C=O) groups excluding carboxylic acids is 1. The Kier molecular flexibility index (Phi) is 6.44. The van der Waals surface area contributed by atoms with Crippen molar-refractivity contribution in [1.29, 1.82) is 0 Å². The molecule has 0 aliphatic carbocycles. The molecule has 1 atom stereocenters. The first-order chi connectivity index (χ1) is 13.7. The van der Waals surface area contributed by atoms with Gasteiger partial charge in [-0.05, 0) is 30.2 Å². The second-order valence-electron chi connectivity index (χ2n) is 6.80. The van der Waals surface area contributed by atoms with Crippen molar-refractivity contribution in [2.75, 3.05) is 18.1 Å². The molecule has 1 N–H and O–H groups in total. The van der Waals surface area contributed by atoms with Crippen LogP contribution in [0.1, 0.15) is 22.3 Å². The molecule has 9 heteroatoms. The zero-order valence-electron chi connectivity index (χ0n) is 15.5. The quantitative estimate of drug-likeness (QED) is 0.714. The number of carboxylic acid groups (broad SMARTS) is 1. The summed E-state index contributed by atoms with van der Waals surface area (Å²) in [6, 6.07) is 12.9. The number of aromatic carboxylic acids is 1. The number of nitrogens with zero attached hydrogens (tertiary/aromatic N) is 1.